The van der Waals surface area contributed by atoms with E-state index in [1.807, 2.05) is 0 Å². The molecule has 0 saturated carbocycles. The van der Waals surface area contributed by atoms with Gasteiger partial charge in [0.2, 0.25) is 0 Å². The third-order valence-corrected chi connectivity index (χ3v) is 3.62. The van der Waals surface area contributed by atoms with Crippen molar-refractivity contribution in [2.75, 3.05) is 13.7 Å². The maximum absolute atomic E-state index is 13.3. The molecule has 0 aliphatic heterocycles. The van der Waals surface area contributed by atoms with E-state index in [9.17, 15) is 14.3 Å². The predicted molar refractivity (Wildman–Crippen MR) is 83.0 cm³/mol. The molecule has 0 bridgehead atoms. The van der Waals surface area contributed by atoms with Crippen molar-refractivity contribution < 1.29 is 23.4 Å². The number of benzene rings is 1. The minimum atomic E-state index is -1.31. The molecule has 0 spiro atoms. The zero-order chi connectivity index (χ0) is 17.2. The van der Waals surface area contributed by atoms with Gasteiger partial charge < -0.3 is 19.6 Å². The van der Waals surface area contributed by atoms with Crippen LogP contribution < -0.4 is 10.1 Å². The average Bonchev–Trinajstić information content (AvgIpc) is 2.84. The highest BCUT2D eigenvalue weighted by Crippen LogP contribution is 2.27. The van der Waals surface area contributed by atoms with Gasteiger partial charge >= 0.3 is 0 Å². The van der Waals surface area contributed by atoms with Crippen LogP contribution in [0.1, 0.15) is 34.4 Å². The van der Waals surface area contributed by atoms with E-state index in [1.165, 1.54) is 19.2 Å². The number of aryl methyl sites for hydroxylation is 2. The number of halogens is 1. The highest BCUT2D eigenvalue weighted by molar-refractivity contribution is 5.97. The number of furan rings is 1. The first-order chi connectivity index (χ1) is 10.7. The van der Waals surface area contributed by atoms with Crippen molar-refractivity contribution >= 4 is 5.91 Å². The SMILES string of the molecule is COc1ccc(F)cc1C(=O)NCC(C)(O)c1cc(C)oc1C. The summed E-state index contributed by atoms with van der Waals surface area (Å²) in [7, 11) is 1.40. The third kappa shape index (κ3) is 3.71. The zero-order valence-electron chi connectivity index (χ0n) is 13.6. The van der Waals surface area contributed by atoms with Crippen molar-refractivity contribution in [3.8, 4) is 5.75 Å². The van der Waals surface area contributed by atoms with Gasteiger partial charge in [-0.3, -0.25) is 4.79 Å². The molecule has 0 radical (unpaired) electrons. The van der Waals surface area contributed by atoms with Gasteiger partial charge in [-0.05, 0) is 45.0 Å². The van der Waals surface area contributed by atoms with Gasteiger partial charge in [0.15, 0.2) is 0 Å². The molecule has 0 fully saturated rings. The lowest BCUT2D eigenvalue weighted by atomic mass is 9.96. The van der Waals surface area contributed by atoms with Crippen LogP contribution in [0.2, 0.25) is 0 Å². The van der Waals surface area contributed by atoms with Crippen molar-refractivity contribution in [2.24, 2.45) is 0 Å². The Kier molecular flexibility index (Phi) is 4.75. The van der Waals surface area contributed by atoms with Crippen LogP contribution in [0.3, 0.4) is 0 Å². The number of carbonyl (C=O) groups excluding carboxylic acids is 1. The first-order valence-electron chi connectivity index (χ1n) is 7.16. The molecule has 2 N–H and O–H groups in total. The smallest absolute Gasteiger partial charge is 0.255 e. The summed E-state index contributed by atoms with van der Waals surface area (Å²) in [4.78, 5) is 12.3. The van der Waals surface area contributed by atoms with Crippen LogP contribution in [0.4, 0.5) is 4.39 Å². The molecule has 124 valence electrons. The highest BCUT2D eigenvalue weighted by atomic mass is 19.1. The van der Waals surface area contributed by atoms with Crippen molar-refractivity contribution in [1.29, 1.82) is 0 Å². The van der Waals surface area contributed by atoms with E-state index < -0.39 is 17.3 Å². The van der Waals surface area contributed by atoms with Crippen molar-refractivity contribution in [2.45, 2.75) is 26.4 Å². The molecule has 1 aromatic carbocycles. The Morgan fingerprint density at radius 3 is 2.65 bits per heavy atom. The second-order valence-corrected chi connectivity index (χ2v) is 5.63. The summed E-state index contributed by atoms with van der Waals surface area (Å²) >= 11 is 0. The number of amides is 1. The van der Waals surface area contributed by atoms with Crippen LogP contribution in [-0.4, -0.2) is 24.7 Å². The van der Waals surface area contributed by atoms with Crippen LogP contribution in [0, 0.1) is 19.7 Å². The van der Waals surface area contributed by atoms with Crippen LogP contribution in [0.15, 0.2) is 28.7 Å². The van der Waals surface area contributed by atoms with Crippen molar-refractivity contribution in [3.05, 3.63) is 52.7 Å². The number of nitrogens with one attached hydrogen (secondary N) is 1. The maximum atomic E-state index is 13.3. The quantitative estimate of drug-likeness (QED) is 0.888. The molecule has 5 nitrogen and oxygen atoms in total. The lowest BCUT2D eigenvalue weighted by molar-refractivity contribution is 0.0513. The highest BCUT2D eigenvalue weighted by Gasteiger charge is 2.28. The lowest BCUT2D eigenvalue weighted by Gasteiger charge is -2.23. The van der Waals surface area contributed by atoms with E-state index in [-0.39, 0.29) is 17.9 Å². The van der Waals surface area contributed by atoms with E-state index in [4.69, 9.17) is 9.15 Å². The molecule has 0 saturated heterocycles. The van der Waals surface area contributed by atoms with E-state index in [0.29, 0.717) is 17.1 Å². The van der Waals surface area contributed by atoms with Crippen molar-refractivity contribution in [3.63, 3.8) is 0 Å². The first kappa shape index (κ1) is 17.0. The number of ether oxygens (including phenoxy) is 1. The molecule has 0 aliphatic rings. The lowest BCUT2D eigenvalue weighted by Crippen LogP contribution is -2.38. The Morgan fingerprint density at radius 2 is 2.09 bits per heavy atom. The van der Waals surface area contributed by atoms with E-state index >= 15 is 0 Å². The molecular formula is C17H20FNO4. The molecule has 6 heteroatoms. The summed E-state index contributed by atoms with van der Waals surface area (Å²) in [5.74, 6) is 0.461. The van der Waals surface area contributed by atoms with Gasteiger partial charge in [0.1, 0.15) is 28.7 Å². The second-order valence-electron chi connectivity index (χ2n) is 5.63. The van der Waals surface area contributed by atoms with Crippen LogP contribution in [0.5, 0.6) is 5.75 Å². The molecule has 23 heavy (non-hydrogen) atoms. The van der Waals surface area contributed by atoms with E-state index in [0.717, 1.165) is 6.07 Å². The Bertz CT molecular complexity index is 721. The van der Waals surface area contributed by atoms with Gasteiger partial charge in [0.25, 0.3) is 5.91 Å². The Labute approximate surface area is 134 Å². The summed E-state index contributed by atoms with van der Waals surface area (Å²) in [6.45, 7) is 5.05. The molecule has 2 aromatic rings. The van der Waals surface area contributed by atoms with E-state index in [1.54, 1.807) is 26.8 Å². The minimum Gasteiger partial charge on any atom is -0.496 e. The van der Waals surface area contributed by atoms with Gasteiger partial charge in [-0.1, -0.05) is 0 Å². The van der Waals surface area contributed by atoms with E-state index in [2.05, 4.69) is 5.32 Å². The minimum absolute atomic E-state index is 0.0503. The van der Waals surface area contributed by atoms with Gasteiger partial charge in [0.05, 0.1) is 19.2 Å². The molecule has 2 rings (SSSR count). The molecule has 1 amide bonds. The van der Waals surface area contributed by atoms with Gasteiger partial charge in [-0.25, -0.2) is 4.39 Å². The Morgan fingerprint density at radius 1 is 1.39 bits per heavy atom. The molecule has 1 unspecified atom stereocenters. The molecular weight excluding hydrogens is 301 g/mol. The van der Waals surface area contributed by atoms with Crippen LogP contribution >= 0.6 is 0 Å². The maximum Gasteiger partial charge on any atom is 0.255 e. The van der Waals surface area contributed by atoms with Gasteiger partial charge in [-0.15, -0.1) is 0 Å². The summed E-state index contributed by atoms with van der Waals surface area (Å²) in [5.41, 5.74) is -0.636. The van der Waals surface area contributed by atoms with Crippen LogP contribution in [-0.2, 0) is 5.60 Å². The molecule has 1 aromatic heterocycles. The number of methoxy groups -OCH3 is 1. The summed E-state index contributed by atoms with van der Waals surface area (Å²) in [6, 6.07) is 5.41. The molecule has 1 heterocycles. The van der Waals surface area contributed by atoms with Gasteiger partial charge in [0, 0.05) is 5.56 Å². The third-order valence-electron chi connectivity index (χ3n) is 3.62. The molecule has 1 atom stereocenters. The second kappa shape index (κ2) is 6.42. The standard InChI is InChI=1S/C17H20FNO4/c1-10-7-14(11(2)23-10)17(3,21)9-19-16(20)13-8-12(18)5-6-15(13)22-4/h5-8,21H,9H2,1-4H3,(H,19,20). The summed E-state index contributed by atoms with van der Waals surface area (Å²) in [6.07, 6.45) is 0. The fourth-order valence-corrected chi connectivity index (χ4v) is 2.47. The zero-order valence-corrected chi connectivity index (χ0v) is 13.6. The number of hydrogen-bond donors (Lipinski definition) is 2. The number of carbonyl (C=O) groups is 1. The fraction of sp³-hybridized carbons (Fsp3) is 0.353. The monoisotopic (exact) mass is 321 g/mol. The first-order valence-corrected chi connectivity index (χ1v) is 7.16. The van der Waals surface area contributed by atoms with Crippen molar-refractivity contribution in [1.82, 2.24) is 5.32 Å². The Balaban J connectivity index is 2.15. The number of aliphatic hydroxyl groups is 1. The van der Waals surface area contributed by atoms with Gasteiger partial charge in [-0.2, -0.15) is 0 Å². The molecule has 0 aliphatic carbocycles. The number of hydrogen-bond acceptors (Lipinski definition) is 4. The Hall–Kier alpha value is -2.34. The fourth-order valence-electron chi connectivity index (χ4n) is 2.47. The largest absolute Gasteiger partial charge is 0.496 e. The summed E-state index contributed by atoms with van der Waals surface area (Å²) in [5, 5.41) is 13.2. The topological polar surface area (TPSA) is 71.7 Å². The number of rotatable bonds is 5. The average molecular weight is 321 g/mol. The predicted octanol–water partition coefficient (Wildman–Crippen LogP) is 2.68. The normalized spacial score (nSPS) is 13.5. The van der Waals surface area contributed by atoms with Crippen LogP contribution in [0.25, 0.3) is 0 Å². The summed E-state index contributed by atoms with van der Waals surface area (Å²) < 4.78 is 23.8.